The molecule has 1 N–H and O–H groups in total. The van der Waals surface area contributed by atoms with Crippen LogP contribution in [0.2, 0.25) is 0 Å². The van der Waals surface area contributed by atoms with Gasteiger partial charge in [0, 0.05) is 18.0 Å². The Bertz CT molecular complexity index is 545. The van der Waals surface area contributed by atoms with Crippen molar-refractivity contribution in [2.24, 2.45) is 0 Å². The van der Waals surface area contributed by atoms with E-state index in [4.69, 9.17) is 10.00 Å². The number of nitriles is 1. The largest absolute Gasteiger partial charge is 0.481 e. The van der Waals surface area contributed by atoms with Gasteiger partial charge in [0.05, 0.1) is 18.7 Å². The van der Waals surface area contributed by atoms with E-state index in [1.165, 1.54) is 0 Å². The van der Waals surface area contributed by atoms with Crippen molar-refractivity contribution < 1.29 is 4.74 Å². The highest BCUT2D eigenvalue weighted by Gasteiger charge is 1.99. The lowest BCUT2D eigenvalue weighted by atomic mass is 10.2. The van der Waals surface area contributed by atoms with Crippen LogP contribution < -0.4 is 10.1 Å². The van der Waals surface area contributed by atoms with E-state index in [9.17, 15) is 0 Å². The SMILES string of the molecule is COc1ccnc(Nc2ccc(C#N)cc2)n1. The van der Waals surface area contributed by atoms with Gasteiger partial charge in [0.15, 0.2) is 0 Å². The highest BCUT2D eigenvalue weighted by molar-refractivity contribution is 5.54. The topological polar surface area (TPSA) is 70.8 Å². The van der Waals surface area contributed by atoms with E-state index in [0.29, 0.717) is 17.4 Å². The molecule has 0 bridgehead atoms. The fraction of sp³-hybridized carbons (Fsp3) is 0.0833. The van der Waals surface area contributed by atoms with Crippen LogP contribution in [0.3, 0.4) is 0 Å². The first kappa shape index (κ1) is 10.9. The summed E-state index contributed by atoms with van der Waals surface area (Å²) >= 11 is 0. The standard InChI is InChI=1S/C12H10N4O/c1-17-11-6-7-14-12(16-11)15-10-4-2-9(8-13)3-5-10/h2-7H,1H3,(H,14,15,16). The predicted octanol–water partition coefficient (Wildman–Crippen LogP) is 2.10. The second-order valence-electron chi connectivity index (χ2n) is 3.24. The molecule has 0 atom stereocenters. The maximum absolute atomic E-state index is 8.67. The highest BCUT2D eigenvalue weighted by atomic mass is 16.5. The Kier molecular flexibility index (Phi) is 3.17. The Morgan fingerprint density at radius 2 is 2.00 bits per heavy atom. The fourth-order valence-electron chi connectivity index (χ4n) is 1.27. The van der Waals surface area contributed by atoms with E-state index in [0.717, 1.165) is 5.69 Å². The Balaban J connectivity index is 2.16. The van der Waals surface area contributed by atoms with Gasteiger partial charge in [0.2, 0.25) is 11.8 Å². The number of hydrogen-bond acceptors (Lipinski definition) is 5. The molecule has 5 heteroatoms. The van der Waals surface area contributed by atoms with Crippen molar-refractivity contribution in [2.75, 3.05) is 12.4 Å². The van der Waals surface area contributed by atoms with Gasteiger partial charge >= 0.3 is 0 Å². The molecule has 0 aliphatic rings. The molecule has 0 aliphatic carbocycles. The molecule has 0 amide bonds. The molecule has 1 heterocycles. The number of ether oxygens (including phenoxy) is 1. The number of hydrogen-bond donors (Lipinski definition) is 1. The van der Waals surface area contributed by atoms with Crippen LogP contribution in [-0.2, 0) is 0 Å². The van der Waals surface area contributed by atoms with Crippen molar-refractivity contribution in [1.82, 2.24) is 9.97 Å². The van der Waals surface area contributed by atoms with Gasteiger partial charge < -0.3 is 10.1 Å². The average molecular weight is 226 g/mol. The van der Waals surface area contributed by atoms with Gasteiger partial charge in [-0.2, -0.15) is 10.2 Å². The summed E-state index contributed by atoms with van der Waals surface area (Å²) in [6.45, 7) is 0. The second-order valence-corrected chi connectivity index (χ2v) is 3.24. The molecule has 2 aromatic rings. The number of benzene rings is 1. The molecule has 17 heavy (non-hydrogen) atoms. The summed E-state index contributed by atoms with van der Waals surface area (Å²) in [5, 5.41) is 11.7. The van der Waals surface area contributed by atoms with Crippen molar-refractivity contribution in [3.8, 4) is 11.9 Å². The van der Waals surface area contributed by atoms with Crippen LogP contribution in [0.1, 0.15) is 5.56 Å². The summed E-state index contributed by atoms with van der Waals surface area (Å²) in [5.41, 5.74) is 1.43. The summed E-state index contributed by atoms with van der Waals surface area (Å²) in [4.78, 5) is 8.18. The first-order valence-electron chi connectivity index (χ1n) is 4.96. The van der Waals surface area contributed by atoms with E-state index in [1.54, 1.807) is 43.6 Å². The van der Waals surface area contributed by atoms with Gasteiger partial charge in [-0.05, 0) is 24.3 Å². The molecule has 0 saturated heterocycles. The average Bonchev–Trinajstić information content (AvgIpc) is 2.40. The molecule has 2 rings (SSSR count). The number of methoxy groups -OCH3 is 1. The fourth-order valence-corrected chi connectivity index (χ4v) is 1.27. The molecule has 0 aliphatic heterocycles. The summed E-state index contributed by atoms with van der Waals surface area (Å²) in [5.74, 6) is 0.949. The molecular weight excluding hydrogens is 216 g/mol. The van der Waals surface area contributed by atoms with Crippen LogP contribution in [0.15, 0.2) is 36.5 Å². The molecule has 1 aromatic carbocycles. The maximum atomic E-state index is 8.67. The number of rotatable bonds is 3. The van der Waals surface area contributed by atoms with Crippen molar-refractivity contribution in [2.45, 2.75) is 0 Å². The molecule has 0 saturated carbocycles. The van der Waals surface area contributed by atoms with Crippen LogP contribution in [0.25, 0.3) is 0 Å². The predicted molar refractivity (Wildman–Crippen MR) is 63.0 cm³/mol. The lowest BCUT2D eigenvalue weighted by Gasteiger charge is -2.05. The van der Waals surface area contributed by atoms with Gasteiger partial charge in [-0.25, -0.2) is 4.98 Å². The Morgan fingerprint density at radius 3 is 2.65 bits per heavy atom. The smallest absolute Gasteiger partial charge is 0.230 e. The van der Waals surface area contributed by atoms with Crippen molar-refractivity contribution in [1.29, 1.82) is 5.26 Å². The third-order valence-corrected chi connectivity index (χ3v) is 2.11. The maximum Gasteiger partial charge on any atom is 0.230 e. The third-order valence-electron chi connectivity index (χ3n) is 2.11. The molecular formula is C12H10N4O. The van der Waals surface area contributed by atoms with E-state index in [2.05, 4.69) is 21.4 Å². The minimum Gasteiger partial charge on any atom is -0.481 e. The number of nitrogens with one attached hydrogen (secondary N) is 1. The van der Waals surface area contributed by atoms with Crippen LogP contribution in [0, 0.1) is 11.3 Å². The summed E-state index contributed by atoms with van der Waals surface area (Å²) in [7, 11) is 1.55. The molecule has 0 fully saturated rings. The van der Waals surface area contributed by atoms with E-state index >= 15 is 0 Å². The normalized spacial score (nSPS) is 9.41. The van der Waals surface area contributed by atoms with Crippen LogP contribution in [0.5, 0.6) is 5.88 Å². The van der Waals surface area contributed by atoms with Crippen molar-refractivity contribution in [3.05, 3.63) is 42.1 Å². The number of nitrogens with zero attached hydrogens (tertiary/aromatic N) is 3. The van der Waals surface area contributed by atoms with Gasteiger partial charge in [0.25, 0.3) is 0 Å². The quantitative estimate of drug-likeness (QED) is 0.867. The van der Waals surface area contributed by atoms with Gasteiger partial charge in [0.1, 0.15) is 0 Å². The minimum absolute atomic E-state index is 0.453. The zero-order chi connectivity index (χ0) is 12.1. The number of anilines is 2. The molecule has 0 spiro atoms. The lowest BCUT2D eigenvalue weighted by Crippen LogP contribution is -1.98. The monoisotopic (exact) mass is 226 g/mol. The third kappa shape index (κ3) is 2.69. The van der Waals surface area contributed by atoms with Crippen LogP contribution >= 0.6 is 0 Å². The summed E-state index contributed by atoms with van der Waals surface area (Å²) in [6, 6.07) is 10.8. The minimum atomic E-state index is 0.453. The van der Waals surface area contributed by atoms with Crippen molar-refractivity contribution in [3.63, 3.8) is 0 Å². The molecule has 1 aromatic heterocycles. The lowest BCUT2D eigenvalue weighted by molar-refractivity contribution is 0.397. The van der Waals surface area contributed by atoms with Gasteiger partial charge in [-0.15, -0.1) is 0 Å². The zero-order valence-corrected chi connectivity index (χ0v) is 9.21. The summed E-state index contributed by atoms with van der Waals surface area (Å²) in [6.07, 6.45) is 1.61. The molecule has 5 nitrogen and oxygen atoms in total. The molecule has 0 unspecified atom stereocenters. The van der Waals surface area contributed by atoms with E-state index in [1.807, 2.05) is 0 Å². The van der Waals surface area contributed by atoms with Crippen molar-refractivity contribution >= 4 is 11.6 Å². The first-order chi connectivity index (χ1) is 8.31. The van der Waals surface area contributed by atoms with Gasteiger partial charge in [-0.1, -0.05) is 0 Å². The highest BCUT2D eigenvalue weighted by Crippen LogP contribution is 2.15. The first-order valence-corrected chi connectivity index (χ1v) is 4.96. The Hall–Kier alpha value is -2.61. The van der Waals surface area contributed by atoms with Gasteiger partial charge in [-0.3, -0.25) is 0 Å². The molecule has 0 radical (unpaired) electrons. The van der Waals surface area contributed by atoms with Crippen LogP contribution in [0.4, 0.5) is 11.6 Å². The van der Waals surface area contributed by atoms with E-state index < -0.39 is 0 Å². The molecule has 84 valence electrons. The Morgan fingerprint density at radius 1 is 1.24 bits per heavy atom. The second kappa shape index (κ2) is 4.94. The zero-order valence-electron chi connectivity index (χ0n) is 9.21. The van der Waals surface area contributed by atoms with Crippen LogP contribution in [-0.4, -0.2) is 17.1 Å². The van der Waals surface area contributed by atoms with E-state index in [-0.39, 0.29) is 0 Å². The summed E-state index contributed by atoms with van der Waals surface area (Å²) < 4.78 is 4.99. The Labute approximate surface area is 98.7 Å². The number of aromatic nitrogens is 2.